The first-order valence-electron chi connectivity index (χ1n) is 6.32. The highest BCUT2D eigenvalue weighted by molar-refractivity contribution is 7.08. The van der Waals surface area contributed by atoms with Crippen LogP contribution in [0.2, 0.25) is 0 Å². The van der Waals surface area contributed by atoms with Gasteiger partial charge in [0.1, 0.15) is 0 Å². The standard InChI is InChI=1S/C13H13N3O2S/c17-12-16(10-2-5-19-7-10)8-13(18-12)3-1-4-15-9-14-6-11(13)15/h2,5-7,9H,1,3-4,8H2. The van der Waals surface area contributed by atoms with E-state index in [1.54, 1.807) is 16.2 Å². The SMILES string of the molecule is O=C1OC2(CCCn3cncc32)CN1c1ccsc1. The molecule has 0 radical (unpaired) electrons. The highest BCUT2D eigenvalue weighted by Gasteiger charge is 2.50. The van der Waals surface area contributed by atoms with Gasteiger partial charge in [0.25, 0.3) is 0 Å². The van der Waals surface area contributed by atoms with Crippen LogP contribution in [0.1, 0.15) is 18.5 Å². The highest BCUT2D eigenvalue weighted by atomic mass is 32.1. The fourth-order valence-electron chi connectivity index (χ4n) is 2.99. The van der Waals surface area contributed by atoms with Crippen LogP contribution < -0.4 is 4.90 Å². The van der Waals surface area contributed by atoms with Crippen LogP contribution in [0.3, 0.4) is 0 Å². The van der Waals surface area contributed by atoms with Crippen molar-refractivity contribution < 1.29 is 9.53 Å². The van der Waals surface area contributed by atoms with Gasteiger partial charge in [0.15, 0.2) is 5.60 Å². The molecule has 1 atom stereocenters. The number of fused-ring (bicyclic) bond motifs is 2. The average molecular weight is 275 g/mol. The van der Waals surface area contributed by atoms with Crippen LogP contribution >= 0.6 is 11.3 Å². The second-order valence-corrected chi connectivity index (χ2v) is 5.79. The van der Waals surface area contributed by atoms with Gasteiger partial charge in [0.2, 0.25) is 0 Å². The van der Waals surface area contributed by atoms with Crippen molar-refractivity contribution in [3.05, 3.63) is 35.0 Å². The lowest BCUT2D eigenvalue weighted by Gasteiger charge is -2.31. The number of hydrogen-bond acceptors (Lipinski definition) is 4. The molecule has 4 rings (SSSR count). The Bertz CT molecular complexity index is 622. The van der Waals surface area contributed by atoms with Gasteiger partial charge in [-0.3, -0.25) is 4.90 Å². The fourth-order valence-corrected chi connectivity index (χ4v) is 3.63. The number of thiophene rings is 1. The van der Waals surface area contributed by atoms with Crippen LogP contribution in [0, 0.1) is 0 Å². The number of imidazole rings is 1. The lowest BCUT2D eigenvalue weighted by molar-refractivity contribution is 0.0280. The largest absolute Gasteiger partial charge is 0.434 e. The molecule has 0 N–H and O–H groups in total. The first-order valence-corrected chi connectivity index (χ1v) is 7.26. The van der Waals surface area contributed by atoms with Gasteiger partial charge in [-0.15, -0.1) is 0 Å². The summed E-state index contributed by atoms with van der Waals surface area (Å²) in [6.45, 7) is 1.53. The van der Waals surface area contributed by atoms with Gasteiger partial charge < -0.3 is 9.30 Å². The van der Waals surface area contributed by atoms with Crippen molar-refractivity contribution in [2.45, 2.75) is 25.0 Å². The molecule has 19 heavy (non-hydrogen) atoms. The summed E-state index contributed by atoms with van der Waals surface area (Å²) >= 11 is 1.58. The second-order valence-electron chi connectivity index (χ2n) is 5.01. The van der Waals surface area contributed by atoms with E-state index < -0.39 is 5.60 Å². The van der Waals surface area contributed by atoms with Gasteiger partial charge in [0.05, 0.1) is 30.5 Å². The second kappa shape index (κ2) is 3.84. The molecule has 0 bridgehead atoms. The lowest BCUT2D eigenvalue weighted by atomic mass is 9.91. The number of rotatable bonds is 1. The number of anilines is 1. The molecule has 1 unspecified atom stereocenters. The normalized spacial score (nSPS) is 25.7. The maximum absolute atomic E-state index is 12.2. The van der Waals surface area contributed by atoms with Gasteiger partial charge in [-0.25, -0.2) is 9.78 Å². The first-order chi connectivity index (χ1) is 9.28. The number of ether oxygens (including phenoxy) is 1. The Morgan fingerprint density at radius 1 is 1.47 bits per heavy atom. The summed E-state index contributed by atoms with van der Waals surface area (Å²) in [7, 11) is 0. The highest BCUT2D eigenvalue weighted by Crippen LogP contribution is 2.41. The third-order valence-corrected chi connectivity index (χ3v) is 4.56. The molecule has 4 heterocycles. The average Bonchev–Trinajstić information content (AvgIpc) is 3.10. The third kappa shape index (κ3) is 1.53. The number of nitrogens with zero attached hydrogens (tertiary/aromatic N) is 3. The summed E-state index contributed by atoms with van der Waals surface area (Å²) in [6.07, 6.45) is 5.26. The first kappa shape index (κ1) is 11.0. The van der Waals surface area contributed by atoms with E-state index in [1.807, 2.05) is 29.4 Å². The van der Waals surface area contributed by atoms with Gasteiger partial charge in [-0.2, -0.15) is 11.3 Å². The van der Waals surface area contributed by atoms with Crippen LogP contribution in [0.25, 0.3) is 0 Å². The van der Waals surface area contributed by atoms with Crippen LogP contribution in [0.5, 0.6) is 0 Å². The molecule has 2 aliphatic heterocycles. The van der Waals surface area contributed by atoms with Crippen molar-refractivity contribution in [2.24, 2.45) is 0 Å². The Hall–Kier alpha value is -1.82. The molecule has 2 aliphatic rings. The number of hydrogen-bond donors (Lipinski definition) is 0. The van der Waals surface area contributed by atoms with Crippen molar-refractivity contribution in [2.75, 3.05) is 11.4 Å². The zero-order chi connectivity index (χ0) is 12.9. The van der Waals surface area contributed by atoms with Gasteiger partial charge in [0, 0.05) is 11.9 Å². The van der Waals surface area contributed by atoms with E-state index in [2.05, 4.69) is 9.55 Å². The van der Waals surface area contributed by atoms with Crippen LogP contribution in [0.15, 0.2) is 29.4 Å². The number of carbonyl (C=O) groups excluding carboxylic acids is 1. The van der Waals surface area contributed by atoms with E-state index in [0.717, 1.165) is 30.8 Å². The van der Waals surface area contributed by atoms with Crippen LogP contribution in [-0.2, 0) is 16.9 Å². The van der Waals surface area contributed by atoms with E-state index in [9.17, 15) is 4.79 Å². The minimum atomic E-state index is -0.520. The van der Waals surface area contributed by atoms with E-state index >= 15 is 0 Å². The Kier molecular flexibility index (Phi) is 2.23. The molecule has 0 aromatic carbocycles. The summed E-state index contributed by atoms with van der Waals surface area (Å²) in [5.41, 5.74) is 1.42. The minimum Gasteiger partial charge on any atom is -0.434 e. The molecule has 0 saturated carbocycles. The molecule has 5 nitrogen and oxygen atoms in total. The number of amides is 1. The smallest absolute Gasteiger partial charge is 0.415 e. The molecule has 1 fully saturated rings. The summed E-state index contributed by atoms with van der Waals surface area (Å²) < 4.78 is 7.83. The molecule has 1 spiro atoms. The molecule has 2 aromatic rings. The summed E-state index contributed by atoms with van der Waals surface area (Å²) in [6, 6.07) is 1.95. The molecular weight excluding hydrogens is 262 g/mol. The summed E-state index contributed by atoms with van der Waals surface area (Å²) in [4.78, 5) is 18.1. The predicted octanol–water partition coefficient (Wildman–Crippen LogP) is 2.59. The molecule has 1 amide bonds. The van der Waals surface area contributed by atoms with Gasteiger partial charge in [-0.05, 0) is 24.3 Å². The quantitative estimate of drug-likeness (QED) is 0.803. The van der Waals surface area contributed by atoms with Crippen molar-refractivity contribution >= 4 is 23.1 Å². The van der Waals surface area contributed by atoms with Crippen molar-refractivity contribution in [1.82, 2.24) is 9.55 Å². The van der Waals surface area contributed by atoms with Gasteiger partial charge >= 0.3 is 6.09 Å². The number of aryl methyl sites for hydroxylation is 1. The molecule has 2 aromatic heterocycles. The predicted molar refractivity (Wildman–Crippen MR) is 71.3 cm³/mol. The van der Waals surface area contributed by atoms with Crippen molar-refractivity contribution in [1.29, 1.82) is 0 Å². The number of carbonyl (C=O) groups is 1. The molecule has 1 saturated heterocycles. The summed E-state index contributed by atoms with van der Waals surface area (Å²) in [5, 5.41) is 3.94. The van der Waals surface area contributed by atoms with Crippen molar-refractivity contribution in [3.63, 3.8) is 0 Å². The van der Waals surface area contributed by atoms with E-state index in [0.29, 0.717) is 6.54 Å². The topological polar surface area (TPSA) is 47.4 Å². The van der Waals surface area contributed by atoms with Crippen LogP contribution in [0.4, 0.5) is 10.5 Å². The van der Waals surface area contributed by atoms with E-state index in [4.69, 9.17) is 4.74 Å². The Balaban J connectivity index is 1.74. The van der Waals surface area contributed by atoms with Crippen LogP contribution in [-0.4, -0.2) is 22.2 Å². The maximum atomic E-state index is 12.2. The summed E-state index contributed by atoms with van der Waals surface area (Å²) in [5.74, 6) is 0. The van der Waals surface area contributed by atoms with E-state index in [-0.39, 0.29) is 6.09 Å². The molecular formula is C13H13N3O2S. The number of aromatic nitrogens is 2. The van der Waals surface area contributed by atoms with Crippen molar-refractivity contribution in [3.8, 4) is 0 Å². The maximum Gasteiger partial charge on any atom is 0.415 e. The fraction of sp³-hybridized carbons (Fsp3) is 0.385. The minimum absolute atomic E-state index is 0.256. The molecule has 0 aliphatic carbocycles. The molecule has 6 heteroatoms. The Morgan fingerprint density at radius 2 is 2.42 bits per heavy atom. The monoisotopic (exact) mass is 275 g/mol. The lowest BCUT2D eigenvalue weighted by Crippen LogP contribution is -2.37. The zero-order valence-corrected chi connectivity index (χ0v) is 11.1. The zero-order valence-electron chi connectivity index (χ0n) is 10.3. The third-order valence-electron chi connectivity index (χ3n) is 3.89. The van der Waals surface area contributed by atoms with Gasteiger partial charge in [-0.1, -0.05) is 0 Å². The Morgan fingerprint density at radius 3 is 3.26 bits per heavy atom. The Labute approximate surface area is 114 Å². The van der Waals surface area contributed by atoms with E-state index in [1.165, 1.54) is 0 Å². The molecule has 98 valence electrons.